The molecular formula is C8H12N2O3S. The lowest BCUT2D eigenvalue weighted by Crippen LogP contribution is -2.13. The van der Waals surface area contributed by atoms with Gasteiger partial charge in [0.15, 0.2) is 21.1 Å². The fraction of sp³-hybridized carbons (Fsp3) is 0.500. The van der Waals surface area contributed by atoms with Gasteiger partial charge in [0.05, 0.1) is 17.5 Å². The maximum absolute atomic E-state index is 11.7. The van der Waals surface area contributed by atoms with E-state index >= 15 is 0 Å². The minimum atomic E-state index is -3.37. The van der Waals surface area contributed by atoms with Crippen molar-refractivity contribution in [3.05, 3.63) is 11.8 Å². The van der Waals surface area contributed by atoms with Crippen molar-refractivity contribution in [3.63, 3.8) is 0 Å². The molecule has 1 aromatic rings. The molecule has 1 rings (SSSR count). The topological polar surface area (TPSA) is 69.0 Å². The molecule has 0 aliphatic rings. The second-order valence-electron chi connectivity index (χ2n) is 2.97. The van der Waals surface area contributed by atoms with Gasteiger partial charge >= 0.3 is 0 Å². The number of carbonyl (C=O) groups is 1. The van der Waals surface area contributed by atoms with E-state index in [9.17, 15) is 13.2 Å². The van der Waals surface area contributed by atoms with Crippen LogP contribution in [0.15, 0.2) is 11.2 Å². The molecule has 14 heavy (non-hydrogen) atoms. The zero-order valence-electron chi connectivity index (χ0n) is 8.10. The second kappa shape index (κ2) is 3.91. The number of nitrogens with zero attached hydrogens (tertiary/aromatic N) is 2. The first-order chi connectivity index (χ1) is 6.53. The van der Waals surface area contributed by atoms with Crippen LogP contribution in [-0.2, 0) is 16.9 Å². The highest BCUT2D eigenvalue weighted by Crippen LogP contribution is 2.14. The highest BCUT2D eigenvalue weighted by molar-refractivity contribution is 7.91. The molecule has 0 atom stereocenters. The van der Waals surface area contributed by atoms with Crippen molar-refractivity contribution in [1.82, 2.24) is 9.78 Å². The molecule has 0 bridgehead atoms. The SMILES string of the molecule is CCCS(=O)(=O)c1c(C=O)cnn1C. The number of sulfone groups is 1. The summed E-state index contributed by atoms with van der Waals surface area (Å²) in [6, 6.07) is 0. The summed E-state index contributed by atoms with van der Waals surface area (Å²) in [5.74, 6) is 0.0351. The summed E-state index contributed by atoms with van der Waals surface area (Å²) in [5.41, 5.74) is 0.126. The van der Waals surface area contributed by atoms with Gasteiger partial charge in [-0.2, -0.15) is 5.10 Å². The fourth-order valence-electron chi connectivity index (χ4n) is 1.27. The van der Waals surface area contributed by atoms with Crippen molar-refractivity contribution >= 4 is 16.1 Å². The first-order valence-corrected chi connectivity index (χ1v) is 5.88. The van der Waals surface area contributed by atoms with Crippen LogP contribution >= 0.6 is 0 Å². The van der Waals surface area contributed by atoms with Crippen LogP contribution in [0.1, 0.15) is 23.7 Å². The number of aromatic nitrogens is 2. The van der Waals surface area contributed by atoms with E-state index in [1.165, 1.54) is 17.9 Å². The molecule has 5 nitrogen and oxygen atoms in total. The maximum atomic E-state index is 11.7. The van der Waals surface area contributed by atoms with E-state index in [2.05, 4.69) is 5.10 Å². The van der Waals surface area contributed by atoms with E-state index < -0.39 is 9.84 Å². The third kappa shape index (κ3) is 1.84. The maximum Gasteiger partial charge on any atom is 0.196 e. The fourth-order valence-corrected chi connectivity index (χ4v) is 2.91. The Kier molecular flexibility index (Phi) is 3.05. The van der Waals surface area contributed by atoms with Gasteiger partial charge in [0.2, 0.25) is 0 Å². The first-order valence-electron chi connectivity index (χ1n) is 4.23. The summed E-state index contributed by atoms with van der Waals surface area (Å²) in [6.45, 7) is 1.77. The molecule has 0 amide bonds. The first kappa shape index (κ1) is 10.9. The molecule has 0 saturated carbocycles. The number of aldehydes is 1. The van der Waals surface area contributed by atoms with Gasteiger partial charge < -0.3 is 0 Å². The summed E-state index contributed by atoms with van der Waals surface area (Å²) in [6.07, 6.45) is 2.29. The van der Waals surface area contributed by atoms with Crippen LogP contribution in [0.25, 0.3) is 0 Å². The van der Waals surface area contributed by atoms with Crippen LogP contribution in [0.5, 0.6) is 0 Å². The summed E-state index contributed by atoms with van der Waals surface area (Å²) >= 11 is 0. The van der Waals surface area contributed by atoms with E-state index in [4.69, 9.17) is 0 Å². The van der Waals surface area contributed by atoms with Crippen molar-refractivity contribution in [2.24, 2.45) is 7.05 Å². The monoisotopic (exact) mass is 216 g/mol. The largest absolute Gasteiger partial charge is 0.298 e. The summed E-state index contributed by atoms with van der Waals surface area (Å²) in [5, 5.41) is 3.75. The van der Waals surface area contributed by atoms with Crippen LogP contribution in [0.4, 0.5) is 0 Å². The molecule has 0 aromatic carbocycles. The van der Waals surface area contributed by atoms with Gasteiger partial charge in [-0.3, -0.25) is 9.48 Å². The average molecular weight is 216 g/mol. The summed E-state index contributed by atoms with van der Waals surface area (Å²) in [7, 11) is -1.86. The molecule has 78 valence electrons. The van der Waals surface area contributed by atoms with Crippen molar-refractivity contribution in [1.29, 1.82) is 0 Å². The Bertz CT molecular complexity index is 433. The Labute approximate surface area is 82.7 Å². The van der Waals surface area contributed by atoms with Gasteiger partial charge in [-0.15, -0.1) is 0 Å². The van der Waals surface area contributed by atoms with Crippen molar-refractivity contribution in [2.75, 3.05) is 5.75 Å². The van der Waals surface area contributed by atoms with Crippen LogP contribution in [0, 0.1) is 0 Å². The molecule has 1 aromatic heterocycles. The Balaban J connectivity index is 3.30. The Morgan fingerprint density at radius 2 is 2.21 bits per heavy atom. The molecule has 0 spiro atoms. The molecule has 0 N–H and O–H groups in total. The minimum Gasteiger partial charge on any atom is -0.298 e. The predicted octanol–water partition coefficient (Wildman–Crippen LogP) is 0.416. The third-order valence-electron chi connectivity index (χ3n) is 1.81. The lowest BCUT2D eigenvalue weighted by Gasteiger charge is -2.03. The Morgan fingerprint density at radius 1 is 1.57 bits per heavy atom. The Morgan fingerprint density at radius 3 is 2.71 bits per heavy atom. The molecule has 0 radical (unpaired) electrons. The average Bonchev–Trinajstić information content (AvgIpc) is 2.47. The molecule has 6 heteroatoms. The number of hydrogen-bond donors (Lipinski definition) is 0. The number of hydrogen-bond acceptors (Lipinski definition) is 4. The van der Waals surface area contributed by atoms with Crippen LogP contribution in [-0.4, -0.2) is 30.2 Å². The lowest BCUT2D eigenvalue weighted by molar-refractivity contribution is 0.112. The number of aryl methyl sites for hydroxylation is 1. The standard InChI is InChI=1S/C8H12N2O3S/c1-3-4-14(12,13)8-7(6-11)5-9-10(8)2/h5-6H,3-4H2,1-2H3. The van der Waals surface area contributed by atoms with Gasteiger partial charge in [-0.1, -0.05) is 6.92 Å². The van der Waals surface area contributed by atoms with Gasteiger partial charge in [0.1, 0.15) is 0 Å². The van der Waals surface area contributed by atoms with Crippen molar-refractivity contribution in [3.8, 4) is 0 Å². The van der Waals surface area contributed by atoms with E-state index in [1.807, 2.05) is 0 Å². The molecule has 0 aliphatic heterocycles. The zero-order chi connectivity index (χ0) is 10.8. The summed E-state index contributed by atoms with van der Waals surface area (Å²) < 4.78 is 24.6. The van der Waals surface area contributed by atoms with E-state index in [-0.39, 0.29) is 16.3 Å². The second-order valence-corrected chi connectivity index (χ2v) is 4.99. The van der Waals surface area contributed by atoms with Gasteiger partial charge in [0.25, 0.3) is 0 Å². The van der Waals surface area contributed by atoms with Gasteiger partial charge in [0, 0.05) is 7.05 Å². The lowest BCUT2D eigenvalue weighted by atomic mass is 10.4. The van der Waals surface area contributed by atoms with Crippen LogP contribution < -0.4 is 0 Å². The van der Waals surface area contributed by atoms with E-state index in [1.54, 1.807) is 6.92 Å². The quantitative estimate of drug-likeness (QED) is 0.684. The van der Waals surface area contributed by atoms with Crippen molar-refractivity contribution in [2.45, 2.75) is 18.4 Å². The number of carbonyl (C=O) groups excluding carboxylic acids is 1. The zero-order valence-corrected chi connectivity index (χ0v) is 8.91. The highest BCUT2D eigenvalue weighted by atomic mass is 32.2. The molecule has 0 saturated heterocycles. The molecule has 0 aliphatic carbocycles. The van der Waals surface area contributed by atoms with E-state index in [0.29, 0.717) is 12.7 Å². The van der Waals surface area contributed by atoms with Crippen LogP contribution in [0.3, 0.4) is 0 Å². The van der Waals surface area contributed by atoms with Crippen LogP contribution in [0.2, 0.25) is 0 Å². The summed E-state index contributed by atoms with van der Waals surface area (Å²) in [4.78, 5) is 10.6. The molecule has 1 heterocycles. The molecular weight excluding hydrogens is 204 g/mol. The molecule has 0 fully saturated rings. The van der Waals surface area contributed by atoms with E-state index in [0.717, 1.165) is 0 Å². The Hall–Kier alpha value is -1.17. The predicted molar refractivity (Wildman–Crippen MR) is 50.9 cm³/mol. The molecule has 0 unspecified atom stereocenters. The normalized spacial score (nSPS) is 11.6. The van der Waals surface area contributed by atoms with Crippen molar-refractivity contribution < 1.29 is 13.2 Å². The van der Waals surface area contributed by atoms with Gasteiger partial charge in [-0.25, -0.2) is 8.42 Å². The third-order valence-corrected chi connectivity index (χ3v) is 3.84. The number of rotatable bonds is 4. The smallest absolute Gasteiger partial charge is 0.196 e. The van der Waals surface area contributed by atoms with Gasteiger partial charge in [-0.05, 0) is 6.42 Å². The minimum absolute atomic E-state index is 0.00866. The highest BCUT2D eigenvalue weighted by Gasteiger charge is 2.21.